The van der Waals surface area contributed by atoms with Gasteiger partial charge in [0.15, 0.2) is 0 Å². The van der Waals surface area contributed by atoms with Crippen LogP contribution in [0, 0.1) is 11.3 Å². The summed E-state index contributed by atoms with van der Waals surface area (Å²) in [5.74, 6) is 0.832. The summed E-state index contributed by atoms with van der Waals surface area (Å²) in [5, 5.41) is 13.1. The van der Waals surface area contributed by atoms with Crippen molar-refractivity contribution in [1.29, 1.82) is 5.26 Å². The van der Waals surface area contributed by atoms with Gasteiger partial charge in [-0.3, -0.25) is 4.98 Å². The molecule has 0 aliphatic heterocycles. The van der Waals surface area contributed by atoms with Crippen LogP contribution in [0.3, 0.4) is 0 Å². The van der Waals surface area contributed by atoms with E-state index < -0.39 is 0 Å². The molecule has 0 amide bonds. The zero-order valence-corrected chi connectivity index (χ0v) is 11.6. The van der Waals surface area contributed by atoms with Crippen LogP contribution in [0.2, 0.25) is 0 Å². The van der Waals surface area contributed by atoms with Crippen LogP contribution in [-0.4, -0.2) is 10.1 Å². The number of nitrogens with zero attached hydrogens (tertiary/aromatic N) is 3. The second-order valence-corrected chi connectivity index (χ2v) is 4.61. The van der Waals surface area contributed by atoms with Gasteiger partial charge in [-0.25, -0.2) is 0 Å². The molecule has 0 saturated carbocycles. The highest BCUT2D eigenvalue weighted by atomic mass is 16.5. The molecule has 0 saturated heterocycles. The van der Waals surface area contributed by atoms with E-state index >= 15 is 0 Å². The van der Waals surface area contributed by atoms with Crippen molar-refractivity contribution in [2.45, 2.75) is 13.3 Å². The van der Waals surface area contributed by atoms with E-state index in [1.807, 2.05) is 31.2 Å². The van der Waals surface area contributed by atoms with Gasteiger partial charge in [0, 0.05) is 24.4 Å². The molecule has 0 unspecified atom stereocenters. The van der Waals surface area contributed by atoms with Crippen molar-refractivity contribution >= 4 is 0 Å². The van der Waals surface area contributed by atoms with E-state index in [0.29, 0.717) is 5.56 Å². The van der Waals surface area contributed by atoms with Crippen molar-refractivity contribution in [1.82, 2.24) is 10.1 Å². The lowest BCUT2D eigenvalue weighted by molar-refractivity contribution is 0.389. The average molecular weight is 275 g/mol. The highest BCUT2D eigenvalue weighted by molar-refractivity contribution is 5.81. The second-order valence-electron chi connectivity index (χ2n) is 4.61. The molecule has 3 rings (SSSR count). The first-order valence-corrected chi connectivity index (χ1v) is 6.73. The molecule has 0 radical (unpaired) electrons. The highest BCUT2D eigenvalue weighted by Crippen LogP contribution is 2.34. The third-order valence-corrected chi connectivity index (χ3v) is 3.32. The number of benzene rings is 1. The van der Waals surface area contributed by atoms with Crippen molar-refractivity contribution in [3.63, 3.8) is 0 Å². The Morgan fingerprint density at radius 1 is 1.14 bits per heavy atom. The topological polar surface area (TPSA) is 62.7 Å². The maximum Gasteiger partial charge on any atom is 0.144 e. The number of rotatable bonds is 3. The Hall–Kier alpha value is -2.93. The third-order valence-electron chi connectivity index (χ3n) is 3.32. The number of pyridine rings is 1. The normalized spacial score (nSPS) is 10.3. The molecule has 0 fully saturated rings. The van der Waals surface area contributed by atoms with Gasteiger partial charge in [0.2, 0.25) is 0 Å². The first-order valence-electron chi connectivity index (χ1n) is 6.73. The number of hydrogen-bond acceptors (Lipinski definition) is 4. The quantitative estimate of drug-likeness (QED) is 0.728. The van der Waals surface area contributed by atoms with Crippen molar-refractivity contribution in [2.24, 2.45) is 0 Å². The molecule has 1 aromatic carbocycles. The minimum absolute atomic E-state index is 0.635. The highest BCUT2D eigenvalue weighted by Gasteiger charge is 2.18. The molecule has 0 spiro atoms. The summed E-state index contributed by atoms with van der Waals surface area (Å²) in [6.07, 6.45) is 4.25. The van der Waals surface area contributed by atoms with Crippen LogP contribution in [0.4, 0.5) is 0 Å². The lowest BCUT2D eigenvalue weighted by atomic mass is 9.98. The van der Waals surface area contributed by atoms with Crippen LogP contribution in [0.1, 0.15) is 18.2 Å². The van der Waals surface area contributed by atoms with Gasteiger partial charge in [-0.15, -0.1) is 0 Å². The summed E-state index contributed by atoms with van der Waals surface area (Å²) in [6, 6.07) is 13.4. The summed E-state index contributed by atoms with van der Waals surface area (Å²) >= 11 is 0. The van der Waals surface area contributed by atoms with Crippen molar-refractivity contribution in [3.8, 4) is 28.5 Å². The average Bonchev–Trinajstić information content (AvgIpc) is 2.99. The molecule has 102 valence electrons. The Bertz CT molecular complexity index is 783. The van der Waals surface area contributed by atoms with Crippen LogP contribution >= 0.6 is 0 Å². The van der Waals surface area contributed by atoms with E-state index in [-0.39, 0.29) is 0 Å². The van der Waals surface area contributed by atoms with Gasteiger partial charge >= 0.3 is 0 Å². The minimum Gasteiger partial charge on any atom is -0.360 e. The Balaban J connectivity index is 2.16. The van der Waals surface area contributed by atoms with Gasteiger partial charge in [-0.2, -0.15) is 5.26 Å². The van der Waals surface area contributed by atoms with Crippen LogP contribution in [0.5, 0.6) is 0 Å². The van der Waals surface area contributed by atoms with Gasteiger partial charge in [0.25, 0.3) is 0 Å². The molecular weight excluding hydrogens is 262 g/mol. The molecule has 2 heterocycles. The number of aromatic nitrogens is 2. The lowest BCUT2D eigenvalue weighted by Crippen LogP contribution is -1.87. The van der Waals surface area contributed by atoms with Crippen molar-refractivity contribution < 1.29 is 4.52 Å². The standard InChI is InChI=1S/C17H13N3O/c1-2-15-16(13-7-5-12(10-18)6-8-13)17(20-21-15)14-4-3-9-19-11-14/h3-9,11H,2H2,1H3. The molecule has 0 aliphatic rings. The molecule has 0 aliphatic carbocycles. The van der Waals surface area contributed by atoms with Crippen molar-refractivity contribution in [3.05, 3.63) is 60.1 Å². The number of hydrogen-bond donors (Lipinski definition) is 0. The minimum atomic E-state index is 0.635. The Kier molecular flexibility index (Phi) is 3.48. The third kappa shape index (κ3) is 2.41. The molecule has 0 N–H and O–H groups in total. The molecule has 21 heavy (non-hydrogen) atoms. The Morgan fingerprint density at radius 3 is 2.57 bits per heavy atom. The fourth-order valence-corrected chi connectivity index (χ4v) is 2.27. The van der Waals surface area contributed by atoms with E-state index in [0.717, 1.165) is 34.6 Å². The van der Waals surface area contributed by atoms with Crippen LogP contribution < -0.4 is 0 Å². The van der Waals surface area contributed by atoms with Gasteiger partial charge in [0.05, 0.1) is 17.2 Å². The predicted octanol–water partition coefficient (Wildman–Crippen LogP) is 3.84. The SMILES string of the molecule is CCc1onc(-c2cccnc2)c1-c1ccc(C#N)cc1. The summed E-state index contributed by atoms with van der Waals surface area (Å²) in [7, 11) is 0. The fraction of sp³-hybridized carbons (Fsp3) is 0.118. The molecular formula is C17H13N3O. The first kappa shape index (κ1) is 13.1. The molecule has 3 aromatic rings. The Labute approximate surface area is 122 Å². The number of aryl methyl sites for hydroxylation is 1. The monoisotopic (exact) mass is 275 g/mol. The summed E-state index contributed by atoms with van der Waals surface area (Å²) in [6.45, 7) is 2.03. The van der Waals surface area contributed by atoms with Crippen LogP contribution in [-0.2, 0) is 6.42 Å². The first-order chi connectivity index (χ1) is 10.3. The van der Waals surface area contributed by atoms with E-state index in [9.17, 15) is 0 Å². The number of nitriles is 1. The maximum absolute atomic E-state index is 8.90. The van der Waals surface area contributed by atoms with E-state index in [4.69, 9.17) is 9.78 Å². The summed E-state index contributed by atoms with van der Waals surface area (Å²) in [5.41, 5.74) is 4.29. The van der Waals surface area contributed by atoms with Gasteiger partial charge < -0.3 is 4.52 Å². The zero-order chi connectivity index (χ0) is 14.7. The van der Waals surface area contributed by atoms with Gasteiger partial charge in [0.1, 0.15) is 11.5 Å². The van der Waals surface area contributed by atoms with Gasteiger partial charge in [-0.1, -0.05) is 24.2 Å². The summed E-state index contributed by atoms with van der Waals surface area (Å²) < 4.78 is 5.47. The largest absolute Gasteiger partial charge is 0.360 e. The van der Waals surface area contributed by atoms with Crippen LogP contribution in [0.25, 0.3) is 22.4 Å². The van der Waals surface area contributed by atoms with E-state index in [2.05, 4.69) is 16.2 Å². The summed E-state index contributed by atoms with van der Waals surface area (Å²) in [4.78, 5) is 4.13. The smallest absolute Gasteiger partial charge is 0.144 e. The predicted molar refractivity (Wildman–Crippen MR) is 79.3 cm³/mol. The fourth-order valence-electron chi connectivity index (χ4n) is 2.27. The molecule has 0 bridgehead atoms. The molecule has 4 nitrogen and oxygen atoms in total. The lowest BCUT2D eigenvalue weighted by Gasteiger charge is -2.04. The van der Waals surface area contributed by atoms with E-state index in [1.165, 1.54) is 0 Å². The van der Waals surface area contributed by atoms with Crippen LogP contribution in [0.15, 0.2) is 53.3 Å². The molecule has 4 heteroatoms. The van der Waals surface area contributed by atoms with Crippen molar-refractivity contribution in [2.75, 3.05) is 0 Å². The van der Waals surface area contributed by atoms with Gasteiger partial charge in [-0.05, 0) is 29.8 Å². The van der Waals surface area contributed by atoms with E-state index in [1.54, 1.807) is 24.5 Å². The second kappa shape index (κ2) is 5.59. The Morgan fingerprint density at radius 2 is 1.95 bits per heavy atom. The molecule has 0 atom stereocenters. The molecule has 2 aromatic heterocycles. The maximum atomic E-state index is 8.90. The zero-order valence-electron chi connectivity index (χ0n) is 11.6.